The zero-order valence-corrected chi connectivity index (χ0v) is 13.1. The van der Waals surface area contributed by atoms with E-state index in [-0.39, 0.29) is 5.41 Å². The number of rotatable bonds is 6. The van der Waals surface area contributed by atoms with E-state index >= 15 is 0 Å². The predicted molar refractivity (Wildman–Crippen MR) is 81.9 cm³/mol. The van der Waals surface area contributed by atoms with E-state index in [2.05, 4.69) is 32.2 Å². The molecule has 2 rings (SSSR count). The van der Waals surface area contributed by atoms with Crippen LogP contribution in [0.2, 0.25) is 0 Å². The van der Waals surface area contributed by atoms with E-state index in [4.69, 9.17) is 4.74 Å². The molecule has 1 unspecified atom stereocenters. The highest BCUT2D eigenvalue weighted by Gasteiger charge is 2.21. The van der Waals surface area contributed by atoms with Gasteiger partial charge in [0.15, 0.2) is 0 Å². The Bertz CT molecular complexity index is 505. The fourth-order valence-corrected chi connectivity index (χ4v) is 2.56. The number of aliphatic carboxylic acids is 1. The molecule has 2 N–H and O–H groups in total. The Balaban J connectivity index is 1.96. The van der Waals surface area contributed by atoms with Crippen LogP contribution in [-0.4, -0.2) is 17.1 Å². The van der Waals surface area contributed by atoms with Gasteiger partial charge in [-0.25, -0.2) is 0 Å². The lowest BCUT2D eigenvalue weighted by molar-refractivity contribution is -0.139. The highest BCUT2D eigenvalue weighted by Crippen LogP contribution is 2.24. The maximum atomic E-state index is 11.4. The van der Waals surface area contributed by atoms with Gasteiger partial charge in [0.2, 0.25) is 0 Å². The standard InChI is InChI=1S/C17H25NO3/c1-17(2,3)8-7-15(16(19)20)18-9-12-5-4-6-13-10-21-11-14(12)13/h4-6,15,18H,7-11H2,1-3H3,(H,19,20). The molecule has 1 aromatic rings. The molecule has 1 aromatic carbocycles. The molecule has 1 atom stereocenters. The van der Waals surface area contributed by atoms with Gasteiger partial charge < -0.3 is 15.2 Å². The van der Waals surface area contributed by atoms with Crippen LogP contribution in [0.4, 0.5) is 0 Å². The molecule has 0 aromatic heterocycles. The van der Waals surface area contributed by atoms with Gasteiger partial charge in [-0.1, -0.05) is 39.0 Å². The molecule has 1 aliphatic heterocycles. The van der Waals surface area contributed by atoms with E-state index in [0.717, 1.165) is 12.0 Å². The van der Waals surface area contributed by atoms with Crippen LogP contribution >= 0.6 is 0 Å². The van der Waals surface area contributed by atoms with Crippen molar-refractivity contribution < 1.29 is 14.6 Å². The topological polar surface area (TPSA) is 58.6 Å². The van der Waals surface area contributed by atoms with Crippen molar-refractivity contribution in [3.8, 4) is 0 Å². The maximum Gasteiger partial charge on any atom is 0.320 e. The Morgan fingerprint density at radius 3 is 2.81 bits per heavy atom. The minimum absolute atomic E-state index is 0.150. The second-order valence-electron chi connectivity index (χ2n) is 6.92. The first-order valence-electron chi connectivity index (χ1n) is 7.50. The quantitative estimate of drug-likeness (QED) is 0.845. The Morgan fingerprint density at radius 1 is 1.38 bits per heavy atom. The number of hydrogen-bond acceptors (Lipinski definition) is 3. The molecule has 4 nitrogen and oxygen atoms in total. The van der Waals surface area contributed by atoms with E-state index < -0.39 is 12.0 Å². The van der Waals surface area contributed by atoms with Crippen molar-refractivity contribution >= 4 is 5.97 Å². The highest BCUT2D eigenvalue weighted by molar-refractivity contribution is 5.73. The maximum absolute atomic E-state index is 11.4. The van der Waals surface area contributed by atoms with Crippen molar-refractivity contribution in [2.45, 2.75) is 59.4 Å². The Hall–Kier alpha value is -1.39. The van der Waals surface area contributed by atoms with Crippen LogP contribution in [0.25, 0.3) is 0 Å². The van der Waals surface area contributed by atoms with Crippen LogP contribution in [0, 0.1) is 5.41 Å². The van der Waals surface area contributed by atoms with Gasteiger partial charge in [0.05, 0.1) is 13.2 Å². The van der Waals surface area contributed by atoms with Gasteiger partial charge in [0.25, 0.3) is 0 Å². The number of carbonyl (C=O) groups is 1. The van der Waals surface area contributed by atoms with Crippen LogP contribution in [-0.2, 0) is 29.3 Å². The molecule has 0 fully saturated rings. The minimum atomic E-state index is -0.775. The van der Waals surface area contributed by atoms with Gasteiger partial charge in [-0.3, -0.25) is 4.79 Å². The summed E-state index contributed by atoms with van der Waals surface area (Å²) in [4.78, 5) is 11.4. The molecule has 0 saturated carbocycles. The molecule has 116 valence electrons. The number of ether oxygens (including phenoxy) is 1. The zero-order valence-electron chi connectivity index (χ0n) is 13.1. The highest BCUT2D eigenvalue weighted by atomic mass is 16.5. The first-order chi connectivity index (χ1) is 9.87. The summed E-state index contributed by atoms with van der Waals surface area (Å²) >= 11 is 0. The minimum Gasteiger partial charge on any atom is -0.480 e. The summed E-state index contributed by atoms with van der Waals surface area (Å²) in [5, 5.41) is 12.5. The second kappa shape index (κ2) is 6.58. The third-order valence-electron chi connectivity index (χ3n) is 3.89. The Morgan fingerprint density at radius 2 is 2.14 bits per heavy atom. The van der Waals surface area contributed by atoms with Crippen molar-refractivity contribution in [1.82, 2.24) is 5.32 Å². The SMILES string of the molecule is CC(C)(C)CCC(NCc1cccc2c1COC2)C(=O)O. The molecule has 0 spiro atoms. The first kappa shape index (κ1) is 16.0. The molecule has 0 aliphatic carbocycles. The van der Waals surface area contributed by atoms with E-state index in [1.54, 1.807) is 0 Å². The van der Waals surface area contributed by atoms with Gasteiger partial charge in [-0.2, -0.15) is 0 Å². The van der Waals surface area contributed by atoms with E-state index in [9.17, 15) is 9.90 Å². The van der Waals surface area contributed by atoms with Crippen molar-refractivity contribution in [2.24, 2.45) is 5.41 Å². The molecule has 1 heterocycles. The molecule has 0 amide bonds. The Kier molecular flexibility index (Phi) is 5.01. The summed E-state index contributed by atoms with van der Waals surface area (Å²) in [7, 11) is 0. The van der Waals surface area contributed by atoms with Crippen LogP contribution in [0.15, 0.2) is 18.2 Å². The zero-order chi connectivity index (χ0) is 15.5. The van der Waals surface area contributed by atoms with Gasteiger partial charge in [0, 0.05) is 6.54 Å². The van der Waals surface area contributed by atoms with E-state index in [0.29, 0.717) is 26.2 Å². The third-order valence-corrected chi connectivity index (χ3v) is 3.89. The number of hydrogen-bond donors (Lipinski definition) is 2. The predicted octanol–water partition coefficient (Wildman–Crippen LogP) is 3.09. The molecule has 0 radical (unpaired) electrons. The summed E-state index contributed by atoms with van der Waals surface area (Å²) < 4.78 is 5.46. The average Bonchev–Trinajstić information content (AvgIpc) is 2.85. The summed E-state index contributed by atoms with van der Waals surface area (Å²) in [6.45, 7) is 8.27. The number of nitrogens with one attached hydrogen (secondary N) is 1. The van der Waals surface area contributed by atoms with Crippen LogP contribution in [0.5, 0.6) is 0 Å². The number of carboxylic acids is 1. The van der Waals surface area contributed by atoms with E-state index in [1.807, 2.05) is 12.1 Å². The number of benzene rings is 1. The molecular weight excluding hydrogens is 266 g/mol. The molecule has 0 bridgehead atoms. The molecule has 4 heteroatoms. The third kappa shape index (κ3) is 4.55. The van der Waals surface area contributed by atoms with Crippen LogP contribution in [0.1, 0.15) is 50.3 Å². The summed E-state index contributed by atoms with van der Waals surface area (Å²) in [6, 6.07) is 5.63. The van der Waals surface area contributed by atoms with Gasteiger partial charge in [0.1, 0.15) is 6.04 Å². The lowest BCUT2D eigenvalue weighted by Gasteiger charge is -2.22. The Labute approximate surface area is 126 Å². The first-order valence-corrected chi connectivity index (χ1v) is 7.50. The van der Waals surface area contributed by atoms with Gasteiger partial charge in [-0.05, 0) is 34.9 Å². The lowest BCUT2D eigenvalue weighted by Crippen LogP contribution is -2.37. The fraction of sp³-hybridized carbons (Fsp3) is 0.588. The summed E-state index contributed by atoms with van der Waals surface area (Å²) in [5.41, 5.74) is 3.73. The van der Waals surface area contributed by atoms with Crippen molar-refractivity contribution in [2.75, 3.05) is 0 Å². The second-order valence-corrected chi connectivity index (χ2v) is 6.92. The molecule has 21 heavy (non-hydrogen) atoms. The monoisotopic (exact) mass is 291 g/mol. The van der Waals surface area contributed by atoms with Crippen molar-refractivity contribution in [3.05, 3.63) is 34.9 Å². The van der Waals surface area contributed by atoms with Gasteiger partial charge in [-0.15, -0.1) is 0 Å². The summed E-state index contributed by atoms with van der Waals surface area (Å²) in [5.74, 6) is -0.775. The summed E-state index contributed by atoms with van der Waals surface area (Å²) in [6.07, 6.45) is 1.53. The van der Waals surface area contributed by atoms with E-state index in [1.165, 1.54) is 11.1 Å². The van der Waals surface area contributed by atoms with Crippen molar-refractivity contribution in [3.63, 3.8) is 0 Å². The molecule has 0 saturated heterocycles. The smallest absolute Gasteiger partial charge is 0.320 e. The normalized spacial score (nSPS) is 15.8. The largest absolute Gasteiger partial charge is 0.480 e. The van der Waals surface area contributed by atoms with Crippen molar-refractivity contribution in [1.29, 1.82) is 0 Å². The number of fused-ring (bicyclic) bond motifs is 1. The lowest BCUT2D eigenvalue weighted by atomic mass is 9.88. The van der Waals surface area contributed by atoms with Gasteiger partial charge >= 0.3 is 5.97 Å². The average molecular weight is 291 g/mol. The van der Waals surface area contributed by atoms with Crippen LogP contribution < -0.4 is 5.32 Å². The number of carboxylic acid groups (broad SMARTS) is 1. The molecular formula is C17H25NO3. The molecule has 1 aliphatic rings. The fourth-order valence-electron chi connectivity index (χ4n) is 2.56. The van der Waals surface area contributed by atoms with Crippen LogP contribution in [0.3, 0.4) is 0 Å².